The van der Waals surface area contributed by atoms with E-state index >= 15 is 0 Å². The van der Waals surface area contributed by atoms with Gasteiger partial charge in [-0.25, -0.2) is 9.97 Å². The molecule has 0 saturated carbocycles. The van der Waals surface area contributed by atoms with Crippen molar-refractivity contribution in [2.24, 2.45) is 0 Å². The molecule has 0 aliphatic carbocycles. The van der Waals surface area contributed by atoms with E-state index in [2.05, 4.69) is 9.97 Å². The Kier molecular flexibility index (Phi) is 3.52. The number of methoxy groups -OCH3 is 1. The second-order valence-electron chi connectivity index (χ2n) is 3.72. The molecule has 18 heavy (non-hydrogen) atoms. The second-order valence-corrected chi connectivity index (χ2v) is 3.72. The molecule has 0 amide bonds. The Balaban J connectivity index is 2.29. The minimum Gasteiger partial charge on any atom is -0.494 e. The SMILES string of the molecule is COc1cnc(-c2cccc(CC(=O)O)c2)nc1. The van der Waals surface area contributed by atoms with Crippen LogP contribution in [0.15, 0.2) is 36.7 Å². The summed E-state index contributed by atoms with van der Waals surface area (Å²) < 4.78 is 4.98. The molecule has 0 saturated heterocycles. The van der Waals surface area contributed by atoms with Crippen LogP contribution in [0, 0.1) is 0 Å². The zero-order valence-corrected chi connectivity index (χ0v) is 9.83. The summed E-state index contributed by atoms with van der Waals surface area (Å²) in [5, 5.41) is 8.75. The Hall–Kier alpha value is -2.43. The fraction of sp³-hybridized carbons (Fsp3) is 0.154. The quantitative estimate of drug-likeness (QED) is 0.887. The molecule has 1 heterocycles. The first-order chi connectivity index (χ1) is 8.69. The molecule has 0 bridgehead atoms. The Morgan fingerprint density at radius 2 is 2.06 bits per heavy atom. The molecule has 0 atom stereocenters. The first-order valence-electron chi connectivity index (χ1n) is 5.36. The lowest BCUT2D eigenvalue weighted by Gasteiger charge is -2.03. The Morgan fingerprint density at radius 1 is 1.33 bits per heavy atom. The van der Waals surface area contributed by atoms with E-state index in [1.807, 2.05) is 6.07 Å². The summed E-state index contributed by atoms with van der Waals surface area (Å²) in [6, 6.07) is 7.17. The van der Waals surface area contributed by atoms with E-state index in [0.29, 0.717) is 11.6 Å². The van der Waals surface area contributed by atoms with E-state index in [1.54, 1.807) is 37.7 Å². The molecule has 1 N–H and O–H groups in total. The largest absolute Gasteiger partial charge is 0.494 e. The van der Waals surface area contributed by atoms with Crippen LogP contribution in [0.4, 0.5) is 0 Å². The topological polar surface area (TPSA) is 72.3 Å². The monoisotopic (exact) mass is 244 g/mol. The fourth-order valence-corrected chi connectivity index (χ4v) is 1.57. The van der Waals surface area contributed by atoms with Crippen LogP contribution in [-0.4, -0.2) is 28.2 Å². The van der Waals surface area contributed by atoms with Gasteiger partial charge in [0.25, 0.3) is 0 Å². The highest BCUT2D eigenvalue weighted by Gasteiger charge is 2.05. The minimum atomic E-state index is -0.859. The van der Waals surface area contributed by atoms with Crippen LogP contribution in [-0.2, 0) is 11.2 Å². The number of carboxylic acid groups (broad SMARTS) is 1. The summed E-state index contributed by atoms with van der Waals surface area (Å²) in [6.45, 7) is 0. The molecular weight excluding hydrogens is 232 g/mol. The average Bonchev–Trinajstić information content (AvgIpc) is 2.38. The molecule has 2 aromatic rings. The molecule has 1 aromatic heterocycles. The number of hydrogen-bond acceptors (Lipinski definition) is 4. The van der Waals surface area contributed by atoms with Gasteiger partial charge >= 0.3 is 5.97 Å². The van der Waals surface area contributed by atoms with E-state index in [-0.39, 0.29) is 6.42 Å². The molecule has 5 nitrogen and oxygen atoms in total. The lowest BCUT2D eigenvalue weighted by Crippen LogP contribution is -2.00. The predicted octanol–water partition coefficient (Wildman–Crippen LogP) is 1.78. The average molecular weight is 244 g/mol. The zero-order valence-electron chi connectivity index (χ0n) is 9.83. The number of benzene rings is 1. The van der Waals surface area contributed by atoms with Crippen LogP contribution in [0.25, 0.3) is 11.4 Å². The summed E-state index contributed by atoms with van der Waals surface area (Å²) in [6.07, 6.45) is 3.14. The van der Waals surface area contributed by atoms with Crippen LogP contribution in [0.5, 0.6) is 5.75 Å². The Bertz CT molecular complexity index is 552. The maximum atomic E-state index is 10.7. The number of rotatable bonds is 4. The molecule has 0 fully saturated rings. The van der Waals surface area contributed by atoms with Crippen molar-refractivity contribution in [1.82, 2.24) is 9.97 Å². The van der Waals surface area contributed by atoms with Crippen molar-refractivity contribution in [3.63, 3.8) is 0 Å². The van der Waals surface area contributed by atoms with Crippen LogP contribution in [0.3, 0.4) is 0 Å². The molecule has 0 unspecified atom stereocenters. The normalized spacial score (nSPS) is 10.1. The van der Waals surface area contributed by atoms with Gasteiger partial charge in [0.2, 0.25) is 0 Å². The van der Waals surface area contributed by atoms with Gasteiger partial charge in [0.1, 0.15) is 0 Å². The molecule has 0 radical (unpaired) electrons. The number of nitrogens with zero attached hydrogens (tertiary/aromatic N) is 2. The van der Waals surface area contributed by atoms with Crippen LogP contribution < -0.4 is 4.74 Å². The highest BCUT2D eigenvalue weighted by Crippen LogP contribution is 2.18. The van der Waals surface area contributed by atoms with E-state index in [0.717, 1.165) is 11.1 Å². The van der Waals surface area contributed by atoms with Crippen LogP contribution >= 0.6 is 0 Å². The number of aliphatic carboxylic acids is 1. The number of carboxylic acids is 1. The van der Waals surface area contributed by atoms with Crippen molar-refractivity contribution < 1.29 is 14.6 Å². The molecule has 5 heteroatoms. The minimum absolute atomic E-state index is 0.00993. The number of ether oxygens (including phenoxy) is 1. The zero-order chi connectivity index (χ0) is 13.0. The summed E-state index contributed by atoms with van der Waals surface area (Å²) in [5.41, 5.74) is 1.51. The van der Waals surface area contributed by atoms with Gasteiger partial charge in [-0.3, -0.25) is 4.79 Å². The maximum Gasteiger partial charge on any atom is 0.307 e. The molecule has 0 aliphatic rings. The third-order valence-corrected chi connectivity index (χ3v) is 2.40. The van der Waals surface area contributed by atoms with Gasteiger partial charge < -0.3 is 9.84 Å². The van der Waals surface area contributed by atoms with Gasteiger partial charge in [-0.2, -0.15) is 0 Å². The summed E-state index contributed by atoms with van der Waals surface area (Å²) >= 11 is 0. The maximum absolute atomic E-state index is 10.7. The molecule has 0 aliphatic heterocycles. The third kappa shape index (κ3) is 2.82. The van der Waals surface area contributed by atoms with Gasteiger partial charge in [0, 0.05) is 5.56 Å². The van der Waals surface area contributed by atoms with Gasteiger partial charge in [0.05, 0.1) is 25.9 Å². The number of carbonyl (C=O) groups is 1. The summed E-state index contributed by atoms with van der Waals surface area (Å²) in [7, 11) is 1.55. The van der Waals surface area contributed by atoms with E-state index in [4.69, 9.17) is 9.84 Å². The van der Waals surface area contributed by atoms with Crippen LogP contribution in [0.2, 0.25) is 0 Å². The fourth-order valence-electron chi connectivity index (χ4n) is 1.57. The van der Waals surface area contributed by atoms with E-state index in [1.165, 1.54) is 0 Å². The van der Waals surface area contributed by atoms with Gasteiger partial charge in [-0.15, -0.1) is 0 Å². The first kappa shape index (κ1) is 12.0. The van der Waals surface area contributed by atoms with Crippen molar-refractivity contribution in [1.29, 1.82) is 0 Å². The van der Waals surface area contributed by atoms with Crippen molar-refractivity contribution in [3.05, 3.63) is 42.2 Å². The van der Waals surface area contributed by atoms with E-state index in [9.17, 15) is 4.79 Å². The molecule has 2 rings (SSSR count). The summed E-state index contributed by atoms with van der Waals surface area (Å²) in [5.74, 6) is 0.270. The molecule has 0 spiro atoms. The van der Waals surface area contributed by atoms with E-state index < -0.39 is 5.97 Å². The highest BCUT2D eigenvalue weighted by molar-refractivity contribution is 5.71. The van der Waals surface area contributed by atoms with Crippen molar-refractivity contribution in [3.8, 4) is 17.1 Å². The smallest absolute Gasteiger partial charge is 0.307 e. The molecular formula is C13H12N2O3. The third-order valence-electron chi connectivity index (χ3n) is 2.40. The number of hydrogen-bond donors (Lipinski definition) is 1. The van der Waals surface area contributed by atoms with Crippen molar-refractivity contribution >= 4 is 5.97 Å². The van der Waals surface area contributed by atoms with Crippen molar-refractivity contribution in [2.75, 3.05) is 7.11 Å². The molecule has 92 valence electrons. The van der Waals surface area contributed by atoms with Gasteiger partial charge in [0.15, 0.2) is 11.6 Å². The highest BCUT2D eigenvalue weighted by atomic mass is 16.5. The predicted molar refractivity (Wildman–Crippen MR) is 65.4 cm³/mol. The lowest BCUT2D eigenvalue weighted by atomic mass is 10.1. The van der Waals surface area contributed by atoms with Crippen molar-refractivity contribution in [2.45, 2.75) is 6.42 Å². The number of aromatic nitrogens is 2. The summed E-state index contributed by atoms with van der Waals surface area (Å²) in [4.78, 5) is 19.0. The second kappa shape index (κ2) is 5.27. The first-order valence-corrected chi connectivity index (χ1v) is 5.36. The molecule has 1 aromatic carbocycles. The van der Waals surface area contributed by atoms with Gasteiger partial charge in [-0.1, -0.05) is 18.2 Å². The standard InChI is InChI=1S/C13H12N2O3/c1-18-11-7-14-13(15-8-11)10-4-2-3-9(5-10)6-12(16)17/h2-5,7-8H,6H2,1H3,(H,16,17). The van der Waals surface area contributed by atoms with Gasteiger partial charge in [-0.05, 0) is 11.6 Å². The Morgan fingerprint density at radius 3 is 2.67 bits per heavy atom. The Labute approximate surface area is 104 Å². The lowest BCUT2D eigenvalue weighted by molar-refractivity contribution is -0.136. The van der Waals surface area contributed by atoms with Crippen LogP contribution in [0.1, 0.15) is 5.56 Å².